The summed E-state index contributed by atoms with van der Waals surface area (Å²) < 4.78 is 0. The molecule has 2 aromatic heterocycles. The molecule has 0 radical (unpaired) electrons. The van der Waals surface area contributed by atoms with Crippen molar-refractivity contribution in [1.29, 1.82) is 0 Å². The second kappa shape index (κ2) is 6.41. The van der Waals surface area contributed by atoms with Gasteiger partial charge in [0.25, 0.3) is 0 Å². The highest BCUT2D eigenvalue weighted by Crippen LogP contribution is 2.24. The van der Waals surface area contributed by atoms with Gasteiger partial charge < -0.3 is 10.0 Å². The van der Waals surface area contributed by atoms with Crippen LogP contribution in [-0.4, -0.2) is 46.1 Å². The first-order chi connectivity index (χ1) is 10.6. The average molecular weight is 318 g/mol. The zero-order valence-electron chi connectivity index (χ0n) is 12.4. The fourth-order valence-corrected chi connectivity index (χ4v) is 3.49. The molecule has 1 N–H and O–H groups in total. The van der Waals surface area contributed by atoms with Gasteiger partial charge in [-0.3, -0.25) is 9.69 Å². The molecule has 22 heavy (non-hydrogen) atoms. The van der Waals surface area contributed by atoms with E-state index in [0.29, 0.717) is 5.95 Å². The molecule has 0 atom stereocenters. The van der Waals surface area contributed by atoms with E-state index in [9.17, 15) is 4.79 Å². The number of carbonyl (C=O) groups is 1. The molecule has 0 fully saturated rings. The molecule has 0 aliphatic carbocycles. The second-order valence-electron chi connectivity index (χ2n) is 5.47. The molecule has 0 aromatic carbocycles. The van der Waals surface area contributed by atoms with E-state index in [1.807, 2.05) is 11.3 Å². The van der Waals surface area contributed by atoms with E-state index in [-0.39, 0.29) is 6.54 Å². The Hall–Kier alpha value is -1.99. The molecule has 7 heteroatoms. The molecule has 0 unspecified atom stereocenters. The van der Waals surface area contributed by atoms with Crippen molar-refractivity contribution < 1.29 is 9.90 Å². The van der Waals surface area contributed by atoms with Crippen molar-refractivity contribution in [1.82, 2.24) is 14.9 Å². The number of carboxylic acids is 1. The monoisotopic (exact) mass is 318 g/mol. The SMILES string of the molecule is CN(CC(=O)O)c1ncc(CN2CCc3sccc3C2)cn1. The number of anilines is 1. The summed E-state index contributed by atoms with van der Waals surface area (Å²) in [5, 5.41) is 10.9. The van der Waals surface area contributed by atoms with Crippen LogP contribution in [0.15, 0.2) is 23.8 Å². The molecule has 1 aliphatic rings. The number of thiophene rings is 1. The maximum Gasteiger partial charge on any atom is 0.323 e. The average Bonchev–Trinajstić information content (AvgIpc) is 2.95. The Balaban J connectivity index is 1.61. The minimum Gasteiger partial charge on any atom is -0.480 e. The van der Waals surface area contributed by atoms with E-state index in [1.54, 1.807) is 19.4 Å². The van der Waals surface area contributed by atoms with Crippen LogP contribution in [0.1, 0.15) is 16.0 Å². The van der Waals surface area contributed by atoms with Crippen LogP contribution in [0.2, 0.25) is 0 Å². The Morgan fingerprint density at radius 2 is 2.23 bits per heavy atom. The Morgan fingerprint density at radius 1 is 1.45 bits per heavy atom. The summed E-state index contributed by atoms with van der Waals surface area (Å²) in [7, 11) is 1.67. The zero-order chi connectivity index (χ0) is 15.5. The Bertz CT molecular complexity index is 656. The summed E-state index contributed by atoms with van der Waals surface area (Å²) in [6, 6.07) is 2.20. The van der Waals surface area contributed by atoms with Gasteiger partial charge >= 0.3 is 5.97 Å². The first-order valence-corrected chi connectivity index (χ1v) is 8.01. The molecule has 3 heterocycles. The summed E-state index contributed by atoms with van der Waals surface area (Å²) in [5.74, 6) is -0.458. The molecular weight excluding hydrogens is 300 g/mol. The van der Waals surface area contributed by atoms with Crippen LogP contribution in [0.3, 0.4) is 0 Å². The topological polar surface area (TPSA) is 69.6 Å². The molecule has 0 saturated carbocycles. The largest absolute Gasteiger partial charge is 0.480 e. The van der Waals surface area contributed by atoms with Gasteiger partial charge in [-0.05, 0) is 23.4 Å². The first kappa shape index (κ1) is 14.9. The quantitative estimate of drug-likeness (QED) is 0.903. The van der Waals surface area contributed by atoms with Crippen LogP contribution in [-0.2, 0) is 24.3 Å². The highest BCUT2D eigenvalue weighted by atomic mass is 32.1. The number of hydrogen-bond donors (Lipinski definition) is 1. The number of aliphatic carboxylic acids is 1. The smallest absolute Gasteiger partial charge is 0.323 e. The first-order valence-electron chi connectivity index (χ1n) is 7.13. The second-order valence-corrected chi connectivity index (χ2v) is 6.47. The van der Waals surface area contributed by atoms with Gasteiger partial charge in [0.1, 0.15) is 6.54 Å². The van der Waals surface area contributed by atoms with Gasteiger partial charge in [0, 0.05) is 49.5 Å². The molecule has 0 spiro atoms. The van der Waals surface area contributed by atoms with Crippen molar-refractivity contribution in [3.05, 3.63) is 39.8 Å². The Kier molecular flexibility index (Phi) is 4.35. The van der Waals surface area contributed by atoms with Crippen molar-refractivity contribution in [2.24, 2.45) is 0 Å². The van der Waals surface area contributed by atoms with Gasteiger partial charge in [-0.25, -0.2) is 9.97 Å². The van der Waals surface area contributed by atoms with Crippen LogP contribution < -0.4 is 4.90 Å². The third-order valence-electron chi connectivity index (χ3n) is 3.70. The summed E-state index contributed by atoms with van der Waals surface area (Å²) in [4.78, 5) is 24.6. The lowest BCUT2D eigenvalue weighted by atomic mass is 10.1. The Morgan fingerprint density at radius 3 is 2.95 bits per heavy atom. The molecule has 0 bridgehead atoms. The van der Waals surface area contributed by atoms with Gasteiger partial charge in [0.05, 0.1) is 0 Å². The third kappa shape index (κ3) is 3.42. The molecular formula is C15H18N4O2S. The lowest BCUT2D eigenvalue weighted by molar-refractivity contribution is -0.135. The van der Waals surface area contributed by atoms with Crippen LogP contribution in [0.4, 0.5) is 5.95 Å². The maximum absolute atomic E-state index is 10.7. The third-order valence-corrected chi connectivity index (χ3v) is 4.72. The van der Waals surface area contributed by atoms with E-state index in [2.05, 4.69) is 26.3 Å². The van der Waals surface area contributed by atoms with Crippen LogP contribution in [0, 0.1) is 0 Å². The predicted molar refractivity (Wildman–Crippen MR) is 85.1 cm³/mol. The number of aromatic nitrogens is 2. The molecule has 2 aromatic rings. The van der Waals surface area contributed by atoms with E-state index in [1.165, 1.54) is 15.3 Å². The minimum atomic E-state index is -0.893. The summed E-state index contributed by atoms with van der Waals surface area (Å²) in [6.45, 7) is 2.73. The number of rotatable bonds is 5. The van der Waals surface area contributed by atoms with Crippen molar-refractivity contribution in [3.8, 4) is 0 Å². The van der Waals surface area contributed by atoms with Gasteiger partial charge in [-0.15, -0.1) is 11.3 Å². The van der Waals surface area contributed by atoms with Gasteiger partial charge in [-0.1, -0.05) is 0 Å². The van der Waals surface area contributed by atoms with E-state index >= 15 is 0 Å². The lowest BCUT2D eigenvalue weighted by Crippen LogP contribution is -2.29. The molecule has 0 amide bonds. The molecule has 1 aliphatic heterocycles. The van der Waals surface area contributed by atoms with Crippen LogP contribution >= 0.6 is 11.3 Å². The molecule has 0 saturated heterocycles. The number of hydrogen-bond acceptors (Lipinski definition) is 6. The Labute approximate surface area is 133 Å². The summed E-state index contributed by atoms with van der Waals surface area (Å²) in [5.41, 5.74) is 2.47. The fourth-order valence-electron chi connectivity index (χ4n) is 2.60. The summed E-state index contributed by atoms with van der Waals surface area (Å²) in [6.07, 6.45) is 4.67. The highest BCUT2D eigenvalue weighted by molar-refractivity contribution is 7.10. The van der Waals surface area contributed by atoms with Crippen molar-refractivity contribution in [3.63, 3.8) is 0 Å². The predicted octanol–water partition coefficient (Wildman–Crippen LogP) is 1.62. The van der Waals surface area contributed by atoms with Gasteiger partial charge in [-0.2, -0.15) is 0 Å². The minimum absolute atomic E-state index is 0.105. The summed E-state index contributed by atoms with van der Waals surface area (Å²) >= 11 is 1.84. The standard InChI is InChI=1S/C15H18N4O2S/c1-18(10-14(20)21)15-16-6-11(7-17-15)8-19-4-2-13-12(9-19)3-5-22-13/h3,5-7H,2,4,8-10H2,1H3,(H,20,21). The molecule has 116 valence electrons. The van der Waals surface area contributed by atoms with E-state index in [0.717, 1.165) is 31.6 Å². The van der Waals surface area contributed by atoms with E-state index < -0.39 is 5.97 Å². The fraction of sp³-hybridized carbons (Fsp3) is 0.400. The molecule has 6 nitrogen and oxygen atoms in total. The lowest BCUT2D eigenvalue weighted by Gasteiger charge is -2.26. The number of fused-ring (bicyclic) bond motifs is 1. The van der Waals surface area contributed by atoms with Gasteiger partial charge in [0.15, 0.2) is 0 Å². The maximum atomic E-state index is 10.7. The zero-order valence-corrected chi connectivity index (χ0v) is 13.2. The number of likely N-dealkylation sites (N-methyl/N-ethyl adjacent to an activating group) is 1. The normalized spacial score (nSPS) is 14.6. The number of carboxylic acid groups (broad SMARTS) is 1. The molecule has 3 rings (SSSR count). The van der Waals surface area contributed by atoms with Crippen LogP contribution in [0.5, 0.6) is 0 Å². The van der Waals surface area contributed by atoms with Crippen LogP contribution in [0.25, 0.3) is 0 Å². The van der Waals surface area contributed by atoms with Crippen molar-refractivity contribution in [2.75, 3.05) is 25.0 Å². The highest BCUT2D eigenvalue weighted by Gasteiger charge is 2.17. The van der Waals surface area contributed by atoms with Crippen molar-refractivity contribution >= 4 is 23.3 Å². The number of nitrogens with zero attached hydrogens (tertiary/aromatic N) is 4. The van der Waals surface area contributed by atoms with E-state index in [4.69, 9.17) is 5.11 Å². The van der Waals surface area contributed by atoms with Gasteiger partial charge in [0.2, 0.25) is 5.95 Å². The van der Waals surface area contributed by atoms with Crippen molar-refractivity contribution in [2.45, 2.75) is 19.5 Å².